The first-order valence-corrected chi connectivity index (χ1v) is 10.1. The summed E-state index contributed by atoms with van der Waals surface area (Å²) in [5.74, 6) is -0.0577. The van der Waals surface area contributed by atoms with Crippen molar-refractivity contribution >= 4 is 12.0 Å². The molecule has 8 nitrogen and oxygen atoms in total. The van der Waals surface area contributed by atoms with Crippen molar-refractivity contribution in [1.29, 1.82) is 0 Å². The number of carbonyl (C=O) groups is 2. The number of ether oxygens (including phenoxy) is 1. The highest BCUT2D eigenvalue weighted by Crippen LogP contribution is 2.15. The zero-order valence-electron chi connectivity index (χ0n) is 17.7. The number of aromatic nitrogens is 2. The Labute approximate surface area is 176 Å². The molecule has 30 heavy (non-hydrogen) atoms. The molecule has 1 aliphatic heterocycles. The topological polar surface area (TPSA) is 84.7 Å². The average molecular weight is 412 g/mol. The van der Waals surface area contributed by atoms with Crippen molar-refractivity contribution in [3.05, 3.63) is 52.8 Å². The normalized spacial score (nSPS) is 14.5. The number of nitrogens with zero attached hydrogens (tertiary/aromatic N) is 4. The molecule has 0 spiro atoms. The smallest absolute Gasteiger partial charge is 0.410 e. The van der Waals surface area contributed by atoms with Gasteiger partial charge in [-0.1, -0.05) is 30.3 Å². The van der Waals surface area contributed by atoms with Crippen LogP contribution in [-0.4, -0.2) is 63.4 Å². The number of hydrogen-bond donors (Lipinski definition) is 0. The fourth-order valence-corrected chi connectivity index (χ4v) is 3.20. The lowest BCUT2D eigenvalue weighted by molar-refractivity contribution is -0.133. The predicted molar refractivity (Wildman–Crippen MR) is 113 cm³/mol. The third kappa shape index (κ3) is 5.68. The Balaban J connectivity index is 1.54. The van der Waals surface area contributed by atoms with E-state index in [0.717, 1.165) is 5.56 Å². The molecule has 160 valence electrons. The van der Waals surface area contributed by atoms with E-state index in [1.54, 1.807) is 15.9 Å². The van der Waals surface area contributed by atoms with Crippen LogP contribution in [-0.2, 0) is 16.1 Å². The van der Waals surface area contributed by atoms with E-state index < -0.39 is 5.60 Å². The van der Waals surface area contributed by atoms with Crippen LogP contribution in [0.2, 0.25) is 0 Å². The Morgan fingerprint density at radius 1 is 0.967 bits per heavy atom. The molecule has 3 rings (SSSR count). The maximum Gasteiger partial charge on any atom is 0.410 e. The van der Waals surface area contributed by atoms with Gasteiger partial charge in [0.25, 0.3) is 5.56 Å². The van der Waals surface area contributed by atoms with E-state index in [1.165, 1.54) is 10.7 Å². The Morgan fingerprint density at radius 2 is 1.60 bits per heavy atom. The lowest BCUT2D eigenvalue weighted by atomic mass is 10.1. The molecule has 0 atom stereocenters. The van der Waals surface area contributed by atoms with Crippen LogP contribution in [0.25, 0.3) is 11.3 Å². The Morgan fingerprint density at radius 3 is 2.23 bits per heavy atom. The van der Waals surface area contributed by atoms with Crippen LogP contribution < -0.4 is 5.56 Å². The van der Waals surface area contributed by atoms with Gasteiger partial charge < -0.3 is 14.5 Å². The molecule has 0 radical (unpaired) electrons. The van der Waals surface area contributed by atoms with Gasteiger partial charge in [-0.05, 0) is 26.8 Å². The van der Waals surface area contributed by atoms with Gasteiger partial charge in [0.2, 0.25) is 5.91 Å². The van der Waals surface area contributed by atoms with Gasteiger partial charge in [0.1, 0.15) is 5.60 Å². The van der Waals surface area contributed by atoms with Crippen molar-refractivity contribution in [2.45, 2.75) is 39.3 Å². The number of amides is 2. The van der Waals surface area contributed by atoms with Crippen molar-refractivity contribution < 1.29 is 14.3 Å². The number of aryl methyl sites for hydroxylation is 1. The van der Waals surface area contributed by atoms with Gasteiger partial charge >= 0.3 is 6.09 Å². The minimum absolute atomic E-state index is 0.0577. The van der Waals surface area contributed by atoms with E-state index in [0.29, 0.717) is 31.9 Å². The molecule has 2 aromatic rings. The molecular formula is C22H28N4O4. The second-order valence-electron chi connectivity index (χ2n) is 8.24. The monoisotopic (exact) mass is 412 g/mol. The fraction of sp³-hybridized carbons (Fsp3) is 0.455. The Bertz CT molecular complexity index is 942. The second kappa shape index (κ2) is 9.11. The SMILES string of the molecule is CC(C)(C)OC(=O)N1CCN(C(=O)CCn2nc(-c3ccccc3)ccc2=O)CC1. The lowest BCUT2D eigenvalue weighted by Gasteiger charge is -2.35. The number of hydrogen-bond acceptors (Lipinski definition) is 5. The largest absolute Gasteiger partial charge is 0.444 e. The molecule has 0 aliphatic carbocycles. The summed E-state index contributed by atoms with van der Waals surface area (Å²) in [5.41, 5.74) is 0.820. The summed E-state index contributed by atoms with van der Waals surface area (Å²) < 4.78 is 6.71. The quantitative estimate of drug-likeness (QED) is 0.770. The first-order valence-electron chi connectivity index (χ1n) is 10.1. The van der Waals surface area contributed by atoms with Crippen LogP contribution in [0.15, 0.2) is 47.3 Å². The van der Waals surface area contributed by atoms with Crippen molar-refractivity contribution in [3.63, 3.8) is 0 Å². The van der Waals surface area contributed by atoms with E-state index in [9.17, 15) is 14.4 Å². The molecule has 2 amide bonds. The van der Waals surface area contributed by atoms with Crippen LogP contribution in [0, 0.1) is 0 Å². The molecule has 8 heteroatoms. The average Bonchev–Trinajstić information content (AvgIpc) is 2.72. The highest BCUT2D eigenvalue weighted by Gasteiger charge is 2.27. The number of piperazine rings is 1. The molecule has 1 aromatic carbocycles. The van der Waals surface area contributed by atoms with Crippen molar-refractivity contribution in [3.8, 4) is 11.3 Å². The van der Waals surface area contributed by atoms with Gasteiger partial charge in [-0.15, -0.1) is 0 Å². The summed E-state index contributed by atoms with van der Waals surface area (Å²) >= 11 is 0. The van der Waals surface area contributed by atoms with E-state index in [1.807, 2.05) is 51.1 Å². The molecule has 1 saturated heterocycles. The Hall–Kier alpha value is -3.16. The summed E-state index contributed by atoms with van der Waals surface area (Å²) in [5, 5.41) is 4.39. The highest BCUT2D eigenvalue weighted by atomic mass is 16.6. The van der Waals surface area contributed by atoms with Gasteiger partial charge in [-0.3, -0.25) is 9.59 Å². The predicted octanol–water partition coefficient (Wildman–Crippen LogP) is 2.38. The molecule has 0 bridgehead atoms. The lowest BCUT2D eigenvalue weighted by Crippen LogP contribution is -2.51. The van der Waals surface area contributed by atoms with Gasteiger partial charge in [-0.2, -0.15) is 5.10 Å². The van der Waals surface area contributed by atoms with E-state index >= 15 is 0 Å². The first-order chi connectivity index (χ1) is 14.2. The minimum Gasteiger partial charge on any atom is -0.444 e. The first kappa shape index (κ1) is 21.5. The highest BCUT2D eigenvalue weighted by molar-refractivity contribution is 5.76. The van der Waals surface area contributed by atoms with E-state index in [4.69, 9.17) is 4.74 Å². The Kier molecular flexibility index (Phi) is 6.54. The maximum atomic E-state index is 12.6. The summed E-state index contributed by atoms with van der Waals surface area (Å²) in [4.78, 5) is 40.2. The standard InChI is InChI=1S/C22H28N4O4/c1-22(2,3)30-21(29)25-15-13-24(14-16-25)19(27)11-12-26-20(28)10-9-18(23-26)17-7-5-4-6-8-17/h4-10H,11-16H2,1-3H3. The van der Waals surface area contributed by atoms with E-state index in [-0.39, 0.29) is 30.5 Å². The van der Waals surface area contributed by atoms with Crippen LogP contribution >= 0.6 is 0 Å². The molecule has 0 N–H and O–H groups in total. The minimum atomic E-state index is -0.543. The summed E-state index contributed by atoms with van der Waals surface area (Å²) in [7, 11) is 0. The fourth-order valence-electron chi connectivity index (χ4n) is 3.20. The van der Waals surface area contributed by atoms with Gasteiger partial charge in [0.05, 0.1) is 12.2 Å². The number of benzene rings is 1. The molecular weight excluding hydrogens is 384 g/mol. The third-order valence-electron chi connectivity index (χ3n) is 4.76. The summed E-state index contributed by atoms with van der Waals surface area (Å²) in [6, 6.07) is 12.7. The second-order valence-corrected chi connectivity index (χ2v) is 8.24. The van der Waals surface area contributed by atoms with Gasteiger partial charge in [-0.25, -0.2) is 9.48 Å². The van der Waals surface area contributed by atoms with Crippen LogP contribution in [0.1, 0.15) is 27.2 Å². The van der Waals surface area contributed by atoms with E-state index in [2.05, 4.69) is 5.10 Å². The summed E-state index contributed by atoms with van der Waals surface area (Å²) in [6.45, 7) is 7.46. The zero-order chi connectivity index (χ0) is 21.7. The van der Waals surface area contributed by atoms with Gasteiger partial charge in [0, 0.05) is 44.2 Å². The van der Waals surface area contributed by atoms with Crippen molar-refractivity contribution in [2.24, 2.45) is 0 Å². The number of carbonyl (C=O) groups excluding carboxylic acids is 2. The van der Waals surface area contributed by atoms with Crippen LogP contribution in [0.5, 0.6) is 0 Å². The number of rotatable bonds is 4. The molecule has 0 saturated carbocycles. The molecule has 1 aromatic heterocycles. The third-order valence-corrected chi connectivity index (χ3v) is 4.76. The van der Waals surface area contributed by atoms with Crippen molar-refractivity contribution in [2.75, 3.05) is 26.2 Å². The van der Waals surface area contributed by atoms with Crippen LogP contribution in [0.4, 0.5) is 4.79 Å². The van der Waals surface area contributed by atoms with Crippen molar-refractivity contribution in [1.82, 2.24) is 19.6 Å². The maximum absolute atomic E-state index is 12.6. The molecule has 2 heterocycles. The molecule has 1 fully saturated rings. The molecule has 1 aliphatic rings. The molecule has 0 unspecified atom stereocenters. The van der Waals surface area contributed by atoms with Gasteiger partial charge in [0.15, 0.2) is 0 Å². The van der Waals surface area contributed by atoms with Crippen LogP contribution in [0.3, 0.4) is 0 Å². The zero-order valence-corrected chi connectivity index (χ0v) is 17.7. The summed E-state index contributed by atoms with van der Waals surface area (Å²) in [6.07, 6.45) is -0.180.